The molecule has 0 saturated carbocycles. The van der Waals surface area contributed by atoms with Gasteiger partial charge >= 0.3 is 6.03 Å². The summed E-state index contributed by atoms with van der Waals surface area (Å²) in [7, 11) is 3.20. The van der Waals surface area contributed by atoms with Gasteiger partial charge in [0.1, 0.15) is 6.54 Å². The lowest BCUT2D eigenvalue weighted by atomic mass is 10.6. The molecular formula is C10H14N8O2. The van der Waals surface area contributed by atoms with Crippen LogP contribution in [0.1, 0.15) is 4.79 Å². The van der Waals surface area contributed by atoms with Crippen LogP contribution in [0.4, 0.5) is 16.6 Å². The number of anilines is 2. The molecule has 0 fully saturated rings. The average molecular weight is 278 g/mol. The number of rotatable bonds is 3. The van der Waals surface area contributed by atoms with Gasteiger partial charge in [0.05, 0.1) is 6.20 Å². The maximum absolute atomic E-state index is 11.9. The summed E-state index contributed by atoms with van der Waals surface area (Å²) in [6.07, 6.45) is 4.23. The highest BCUT2D eigenvalue weighted by molar-refractivity contribution is 5.87. The van der Waals surface area contributed by atoms with Crippen molar-refractivity contribution in [2.45, 2.75) is 6.54 Å². The molecule has 2 aromatic heterocycles. The minimum Gasteiger partial charge on any atom is -0.369 e. The van der Waals surface area contributed by atoms with Crippen LogP contribution in [0.5, 0.6) is 0 Å². The number of hydrogen-bond donors (Lipinski definition) is 2. The zero-order valence-corrected chi connectivity index (χ0v) is 11.0. The van der Waals surface area contributed by atoms with Crippen molar-refractivity contribution in [3.05, 3.63) is 18.6 Å². The predicted octanol–water partition coefficient (Wildman–Crippen LogP) is -0.509. The summed E-state index contributed by atoms with van der Waals surface area (Å²) in [5.41, 5.74) is 5.52. The summed E-state index contributed by atoms with van der Waals surface area (Å²) in [4.78, 5) is 29.6. The predicted molar refractivity (Wildman–Crippen MR) is 70.0 cm³/mol. The van der Waals surface area contributed by atoms with Crippen LogP contribution >= 0.6 is 0 Å². The number of amides is 2. The minimum atomic E-state index is -0.332. The number of nitrogens with two attached hydrogens (primary N) is 1. The van der Waals surface area contributed by atoms with Crippen molar-refractivity contribution < 1.29 is 9.59 Å². The molecule has 0 aliphatic heterocycles. The molecule has 2 amide bonds. The van der Waals surface area contributed by atoms with Gasteiger partial charge in [-0.2, -0.15) is 9.90 Å². The van der Waals surface area contributed by atoms with Crippen LogP contribution in [0.25, 0.3) is 0 Å². The molecule has 0 spiro atoms. The number of aromatic nitrogens is 5. The van der Waals surface area contributed by atoms with Crippen LogP contribution in [0.3, 0.4) is 0 Å². The van der Waals surface area contributed by atoms with E-state index in [9.17, 15) is 9.59 Å². The van der Waals surface area contributed by atoms with Gasteiger partial charge in [0.25, 0.3) is 5.91 Å². The fourth-order valence-electron chi connectivity index (χ4n) is 1.38. The fraction of sp³-hybridized carbons (Fsp3) is 0.300. The lowest BCUT2D eigenvalue weighted by molar-refractivity contribution is 0.0883. The van der Waals surface area contributed by atoms with Crippen LogP contribution in [0.2, 0.25) is 0 Å². The highest BCUT2D eigenvalue weighted by Gasteiger charge is 2.12. The maximum Gasteiger partial charge on any atom is 0.322 e. The second-order valence-electron chi connectivity index (χ2n) is 4.13. The van der Waals surface area contributed by atoms with Gasteiger partial charge in [-0.1, -0.05) is 0 Å². The van der Waals surface area contributed by atoms with E-state index in [-0.39, 0.29) is 30.2 Å². The molecule has 0 atom stereocenters. The van der Waals surface area contributed by atoms with Crippen molar-refractivity contribution in [1.82, 2.24) is 29.4 Å². The third-order valence-electron chi connectivity index (χ3n) is 2.39. The molecule has 2 rings (SSSR count). The van der Waals surface area contributed by atoms with Gasteiger partial charge in [-0.25, -0.2) is 9.78 Å². The Bertz CT molecular complexity index is 629. The van der Waals surface area contributed by atoms with E-state index >= 15 is 0 Å². The van der Waals surface area contributed by atoms with E-state index in [1.807, 2.05) is 0 Å². The summed E-state index contributed by atoms with van der Waals surface area (Å²) in [5, 5.41) is 10.4. The molecule has 20 heavy (non-hydrogen) atoms. The van der Waals surface area contributed by atoms with E-state index in [4.69, 9.17) is 5.73 Å². The van der Waals surface area contributed by atoms with Gasteiger partial charge in [-0.05, 0) is 0 Å². The Balaban J connectivity index is 2.01. The highest BCUT2D eigenvalue weighted by atomic mass is 16.2. The number of hydrogen-bond acceptors (Lipinski definition) is 6. The van der Waals surface area contributed by atoms with Gasteiger partial charge in [-0.3, -0.25) is 14.7 Å². The SMILES string of the molecule is CN(C)C(=O)Nc1cnn(CC(=O)n2ccnc2N)n1. The molecule has 2 aromatic rings. The third-order valence-corrected chi connectivity index (χ3v) is 2.39. The van der Waals surface area contributed by atoms with Crippen molar-refractivity contribution in [1.29, 1.82) is 0 Å². The molecule has 0 bridgehead atoms. The Hall–Kier alpha value is -2.91. The van der Waals surface area contributed by atoms with E-state index in [1.165, 1.54) is 28.1 Å². The van der Waals surface area contributed by atoms with Crippen LogP contribution in [-0.4, -0.2) is 55.5 Å². The molecule has 0 radical (unpaired) electrons. The minimum absolute atomic E-state index is 0.100. The summed E-state index contributed by atoms with van der Waals surface area (Å²) >= 11 is 0. The van der Waals surface area contributed by atoms with Gasteiger partial charge in [0.2, 0.25) is 5.95 Å². The summed E-state index contributed by atoms with van der Waals surface area (Å²) in [5.74, 6) is 0.0273. The highest BCUT2D eigenvalue weighted by Crippen LogP contribution is 2.02. The Labute approximate surface area is 114 Å². The molecule has 0 saturated heterocycles. The number of nitrogens with zero attached hydrogens (tertiary/aromatic N) is 6. The van der Waals surface area contributed by atoms with E-state index in [1.54, 1.807) is 14.1 Å². The monoisotopic (exact) mass is 278 g/mol. The second-order valence-corrected chi connectivity index (χ2v) is 4.13. The lowest BCUT2D eigenvalue weighted by Crippen LogP contribution is -2.27. The molecule has 10 nitrogen and oxygen atoms in total. The normalized spacial score (nSPS) is 10.3. The lowest BCUT2D eigenvalue weighted by Gasteiger charge is -2.09. The van der Waals surface area contributed by atoms with Gasteiger partial charge in [-0.15, -0.1) is 5.10 Å². The smallest absolute Gasteiger partial charge is 0.322 e. The summed E-state index contributed by atoms with van der Waals surface area (Å²) in [6, 6.07) is -0.331. The van der Waals surface area contributed by atoms with Crippen molar-refractivity contribution >= 4 is 23.7 Å². The van der Waals surface area contributed by atoms with Gasteiger partial charge < -0.3 is 10.6 Å². The number of carbonyl (C=O) groups is 2. The first-order valence-electron chi connectivity index (χ1n) is 5.68. The van der Waals surface area contributed by atoms with Crippen molar-refractivity contribution in [3.8, 4) is 0 Å². The average Bonchev–Trinajstić information content (AvgIpc) is 2.98. The molecule has 106 valence electrons. The first-order valence-corrected chi connectivity index (χ1v) is 5.68. The van der Waals surface area contributed by atoms with Crippen molar-refractivity contribution in [3.63, 3.8) is 0 Å². The van der Waals surface area contributed by atoms with Gasteiger partial charge in [0.15, 0.2) is 5.82 Å². The van der Waals surface area contributed by atoms with E-state index in [2.05, 4.69) is 20.5 Å². The third kappa shape index (κ3) is 2.91. The number of nitrogens with one attached hydrogen (secondary N) is 1. The van der Waals surface area contributed by atoms with E-state index in [0.29, 0.717) is 0 Å². The van der Waals surface area contributed by atoms with Crippen LogP contribution in [0.15, 0.2) is 18.6 Å². The summed E-state index contributed by atoms with van der Waals surface area (Å²) in [6.45, 7) is -0.113. The second kappa shape index (κ2) is 5.38. The Morgan fingerprint density at radius 1 is 1.45 bits per heavy atom. The molecule has 0 aliphatic rings. The Morgan fingerprint density at radius 3 is 2.80 bits per heavy atom. The summed E-state index contributed by atoms with van der Waals surface area (Å²) < 4.78 is 1.20. The molecule has 3 N–H and O–H groups in total. The van der Waals surface area contributed by atoms with Crippen LogP contribution in [-0.2, 0) is 6.54 Å². The maximum atomic E-state index is 11.9. The first-order chi connectivity index (χ1) is 9.47. The number of nitrogen functional groups attached to an aromatic ring is 1. The number of imidazole rings is 1. The number of urea groups is 1. The van der Waals surface area contributed by atoms with Crippen LogP contribution in [0, 0.1) is 0 Å². The Morgan fingerprint density at radius 2 is 2.20 bits per heavy atom. The fourth-order valence-corrected chi connectivity index (χ4v) is 1.38. The zero-order chi connectivity index (χ0) is 14.7. The van der Waals surface area contributed by atoms with E-state index < -0.39 is 0 Å². The Kier molecular flexibility index (Phi) is 3.64. The molecule has 2 heterocycles. The van der Waals surface area contributed by atoms with Crippen molar-refractivity contribution in [2.24, 2.45) is 0 Å². The quantitative estimate of drug-likeness (QED) is 0.779. The number of carbonyl (C=O) groups excluding carboxylic acids is 2. The standard InChI is InChI=1S/C10H14N8O2/c1-16(2)10(20)14-7-5-13-18(15-7)6-8(19)17-4-3-12-9(17)11/h3-5H,6H2,1-2H3,(H2,11,12)(H,14,15,20). The molecular weight excluding hydrogens is 264 g/mol. The van der Waals surface area contributed by atoms with Crippen molar-refractivity contribution in [2.75, 3.05) is 25.1 Å². The molecule has 0 aromatic carbocycles. The molecule has 0 unspecified atom stereocenters. The zero-order valence-electron chi connectivity index (χ0n) is 11.0. The first kappa shape index (κ1) is 13.5. The van der Waals surface area contributed by atoms with Gasteiger partial charge in [0, 0.05) is 26.5 Å². The van der Waals surface area contributed by atoms with E-state index in [0.717, 1.165) is 4.80 Å². The van der Waals surface area contributed by atoms with Crippen LogP contribution < -0.4 is 11.1 Å². The topological polar surface area (TPSA) is 124 Å². The molecule has 10 heteroatoms. The largest absolute Gasteiger partial charge is 0.369 e. The molecule has 0 aliphatic carbocycles.